The van der Waals surface area contributed by atoms with E-state index in [1.807, 2.05) is 42.5 Å². The Kier molecular flexibility index (Phi) is 5.98. The Balaban J connectivity index is 1.70. The van der Waals surface area contributed by atoms with Gasteiger partial charge in [0.2, 0.25) is 5.95 Å². The average molecular weight is 349 g/mol. The van der Waals surface area contributed by atoms with E-state index in [4.69, 9.17) is 4.74 Å². The summed E-state index contributed by atoms with van der Waals surface area (Å²) in [5.74, 6) is 2.15. The van der Waals surface area contributed by atoms with Gasteiger partial charge in [-0.05, 0) is 18.6 Å². The molecule has 0 saturated heterocycles. The van der Waals surface area contributed by atoms with Gasteiger partial charge in [0.1, 0.15) is 5.75 Å². The van der Waals surface area contributed by atoms with Crippen LogP contribution in [0.15, 0.2) is 60.8 Å². The lowest BCUT2D eigenvalue weighted by Crippen LogP contribution is -2.25. The third-order valence-electron chi connectivity index (χ3n) is 4.08. The zero-order chi connectivity index (χ0) is 18.2. The predicted molar refractivity (Wildman–Crippen MR) is 103 cm³/mol. The number of hydrogen-bond donors (Lipinski definition) is 1. The number of ether oxygens (including phenoxy) is 1. The highest BCUT2D eigenvalue weighted by Crippen LogP contribution is 2.19. The SMILES string of the molecule is CCN(Cc1ccccc1)c1nncc(NCc2ccccc2OC)n1. The molecule has 134 valence electrons. The minimum absolute atomic E-state index is 0.604. The highest BCUT2D eigenvalue weighted by Gasteiger charge is 2.10. The lowest BCUT2D eigenvalue weighted by Gasteiger charge is -2.20. The quantitative estimate of drug-likeness (QED) is 0.671. The second-order valence-electron chi connectivity index (χ2n) is 5.81. The van der Waals surface area contributed by atoms with E-state index < -0.39 is 0 Å². The van der Waals surface area contributed by atoms with Crippen molar-refractivity contribution in [2.45, 2.75) is 20.0 Å². The second-order valence-corrected chi connectivity index (χ2v) is 5.81. The number of nitrogens with zero attached hydrogens (tertiary/aromatic N) is 4. The summed E-state index contributed by atoms with van der Waals surface area (Å²) in [7, 11) is 1.67. The summed E-state index contributed by atoms with van der Waals surface area (Å²) in [6.45, 7) is 4.23. The summed E-state index contributed by atoms with van der Waals surface area (Å²) in [5.41, 5.74) is 2.28. The number of rotatable bonds is 8. The molecule has 0 aliphatic heterocycles. The lowest BCUT2D eigenvalue weighted by molar-refractivity contribution is 0.410. The molecule has 0 aliphatic rings. The standard InChI is InChI=1S/C20H23N5O/c1-3-25(15-16-9-5-4-6-10-16)20-23-19(14-22-24-20)21-13-17-11-7-8-12-18(17)26-2/h4-12,14H,3,13,15H2,1-2H3,(H,21,23,24). The summed E-state index contributed by atoms with van der Waals surface area (Å²) in [6.07, 6.45) is 1.63. The van der Waals surface area contributed by atoms with Crippen molar-refractivity contribution in [1.29, 1.82) is 0 Å². The van der Waals surface area contributed by atoms with Gasteiger partial charge in [-0.25, -0.2) is 0 Å². The molecule has 1 heterocycles. The van der Waals surface area contributed by atoms with Crippen LogP contribution in [0.1, 0.15) is 18.1 Å². The van der Waals surface area contributed by atoms with Gasteiger partial charge in [-0.2, -0.15) is 10.1 Å². The molecule has 0 aliphatic carbocycles. The van der Waals surface area contributed by atoms with Gasteiger partial charge in [-0.1, -0.05) is 48.5 Å². The van der Waals surface area contributed by atoms with Crippen LogP contribution in [0.4, 0.5) is 11.8 Å². The molecule has 0 bridgehead atoms. The Morgan fingerprint density at radius 1 is 1.04 bits per heavy atom. The van der Waals surface area contributed by atoms with Crippen molar-refractivity contribution in [3.8, 4) is 5.75 Å². The Hall–Kier alpha value is -3.15. The van der Waals surface area contributed by atoms with Crippen molar-refractivity contribution >= 4 is 11.8 Å². The molecule has 3 aromatic rings. The van der Waals surface area contributed by atoms with Gasteiger partial charge in [-0.15, -0.1) is 5.10 Å². The number of aromatic nitrogens is 3. The third-order valence-corrected chi connectivity index (χ3v) is 4.08. The molecule has 6 nitrogen and oxygen atoms in total. The molecule has 0 atom stereocenters. The minimum Gasteiger partial charge on any atom is -0.496 e. The molecule has 2 aromatic carbocycles. The zero-order valence-electron chi connectivity index (χ0n) is 15.1. The molecule has 1 aromatic heterocycles. The second kappa shape index (κ2) is 8.80. The summed E-state index contributed by atoms with van der Waals surface area (Å²) in [6, 6.07) is 18.2. The van der Waals surface area contributed by atoms with Crippen molar-refractivity contribution in [3.05, 3.63) is 71.9 Å². The normalized spacial score (nSPS) is 10.4. The van der Waals surface area contributed by atoms with E-state index in [0.29, 0.717) is 18.3 Å². The maximum absolute atomic E-state index is 5.38. The van der Waals surface area contributed by atoms with Gasteiger partial charge in [-0.3, -0.25) is 0 Å². The van der Waals surface area contributed by atoms with E-state index >= 15 is 0 Å². The lowest BCUT2D eigenvalue weighted by atomic mass is 10.2. The molecule has 26 heavy (non-hydrogen) atoms. The number of para-hydroxylation sites is 1. The fraction of sp³-hybridized carbons (Fsp3) is 0.250. The third kappa shape index (κ3) is 4.47. The smallest absolute Gasteiger partial charge is 0.247 e. The molecule has 0 spiro atoms. The number of benzene rings is 2. The first-order valence-corrected chi connectivity index (χ1v) is 8.64. The topological polar surface area (TPSA) is 63.2 Å². The number of anilines is 2. The first-order chi connectivity index (χ1) is 12.8. The van der Waals surface area contributed by atoms with Crippen LogP contribution in [0.2, 0.25) is 0 Å². The zero-order valence-corrected chi connectivity index (χ0v) is 15.1. The van der Waals surface area contributed by atoms with E-state index in [1.165, 1.54) is 5.56 Å². The molecule has 0 radical (unpaired) electrons. The Morgan fingerprint density at radius 3 is 2.58 bits per heavy atom. The van der Waals surface area contributed by atoms with Crippen LogP contribution < -0.4 is 15.0 Å². The van der Waals surface area contributed by atoms with E-state index in [1.54, 1.807) is 13.3 Å². The van der Waals surface area contributed by atoms with Crippen LogP contribution in [0.3, 0.4) is 0 Å². The van der Waals surface area contributed by atoms with Gasteiger partial charge < -0.3 is 15.0 Å². The summed E-state index contributed by atoms with van der Waals surface area (Å²) >= 11 is 0. The molecule has 0 saturated carbocycles. The largest absolute Gasteiger partial charge is 0.496 e. The first-order valence-electron chi connectivity index (χ1n) is 8.64. The molecule has 0 fully saturated rings. The van der Waals surface area contributed by atoms with Crippen LogP contribution in [0.5, 0.6) is 5.75 Å². The van der Waals surface area contributed by atoms with Crippen LogP contribution in [-0.4, -0.2) is 28.8 Å². The van der Waals surface area contributed by atoms with Crippen LogP contribution >= 0.6 is 0 Å². The number of methoxy groups -OCH3 is 1. The van der Waals surface area contributed by atoms with Crippen molar-refractivity contribution in [2.75, 3.05) is 23.9 Å². The highest BCUT2D eigenvalue weighted by atomic mass is 16.5. The minimum atomic E-state index is 0.604. The van der Waals surface area contributed by atoms with Gasteiger partial charge in [0, 0.05) is 25.2 Å². The highest BCUT2D eigenvalue weighted by molar-refractivity contribution is 5.42. The fourth-order valence-electron chi connectivity index (χ4n) is 2.68. The Morgan fingerprint density at radius 2 is 1.81 bits per heavy atom. The van der Waals surface area contributed by atoms with E-state index in [-0.39, 0.29) is 0 Å². The predicted octanol–water partition coefficient (Wildman–Crippen LogP) is 3.52. The van der Waals surface area contributed by atoms with Gasteiger partial charge >= 0.3 is 0 Å². The summed E-state index contributed by atoms with van der Waals surface area (Å²) < 4.78 is 5.38. The number of nitrogens with one attached hydrogen (secondary N) is 1. The fourth-order valence-corrected chi connectivity index (χ4v) is 2.68. The monoisotopic (exact) mass is 349 g/mol. The maximum Gasteiger partial charge on any atom is 0.247 e. The average Bonchev–Trinajstić information content (AvgIpc) is 2.71. The molecular weight excluding hydrogens is 326 g/mol. The molecule has 3 rings (SSSR count). The summed E-state index contributed by atoms with van der Waals surface area (Å²) in [5, 5.41) is 11.6. The van der Waals surface area contributed by atoms with E-state index in [0.717, 1.165) is 24.4 Å². The van der Waals surface area contributed by atoms with Crippen LogP contribution in [-0.2, 0) is 13.1 Å². The van der Waals surface area contributed by atoms with Crippen LogP contribution in [0, 0.1) is 0 Å². The summed E-state index contributed by atoms with van der Waals surface area (Å²) in [4.78, 5) is 6.70. The van der Waals surface area contributed by atoms with Gasteiger partial charge in [0.25, 0.3) is 0 Å². The first kappa shape index (κ1) is 17.7. The van der Waals surface area contributed by atoms with Crippen molar-refractivity contribution in [2.24, 2.45) is 0 Å². The molecule has 1 N–H and O–H groups in total. The number of hydrogen-bond acceptors (Lipinski definition) is 6. The van der Waals surface area contributed by atoms with Gasteiger partial charge in [0.15, 0.2) is 5.82 Å². The van der Waals surface area contributed by atoms with E-state index in [2.05, 4.69) is 44.5 Å². The molecular formula is C20H23N5O. The van der Waals surface area contributed by atoms with Crippen molar-refractivity contribution < 1.29 is 4.74 Å². The van der Waals surface area contributed by atoms with Crippen LogP contribution in [0.25, 0.3) is 0 Å². The Bertz CT molecular complexity index is 825. The van der Waals surface area contributed by atoms with Crippen molar-refractivity contribution in [3.63, 3.8) is 0 Å². The maximum atomic E-state index is 5.38. The van der Waals surface area contributed by atoms with Gasteiger partial charge in [0.05, 0.1) is 13.3 Å². The molecule has 6 heteroatoms. The van der Waals surface area contributed by atoms with Crippen molar-refractivity contribution in [1.82, 2.24) is 15.2 Å². The molecule has 0 amide bonds. The van der Waals surface area contributed by atoms with E-state index in [9.17, 15) is 0 Å². The Labute approximate surface area is 153 Å². The molecule has 0 unspecified atom stereocenters.